The molecule has 1 heterocycles. The normalized spacial score (nSPS) is 10.7. The average molecular weight is 377 g/mol. The van der Waals surface area contributed by atoms with E-state index in [9.17, 15) is 9.18 Å². The zero-order valence-electron chi connectivity index (χ0n) is 10.8. The highest BCUT2D eigenvalue weighted by Gasteiger charge is 2.09. The van der Waals surface area contributed by atoms with E-state index in [-0.39, 0.29) is 30.5 Å². The number of nitrogens with zero attached hydrogens (tertiary/aromatic N) is 2. The van der Waals surface area contributed by atoms with E-state index in [4.69, 9.17) is 16.7 Å². The van der Waals surface area contributed by atoms with E-state index in [2.05, 4.69) is 26.3 Å². The number of hydrogen-bond acceptors (Lipinski definition) is 4. The van der Waals surface area contributed by atoms with E-state index in [0.29, 0.717) is 11.3 Å². The first-order chi connectivity index (χ1) is 10.0. The largest absolute Gasteiger partial charge is 0.394 e. The van der Waals surface area contributed by atoms with Crippen molar-refractivity contribution in [3.63, 3.8) is 0 Å². The van der Waals surface area contributed by atoms with Gasteiger partial charge in [-0.25, -0.2) is 9.07 Å². The fourth-order valence-electron chi connectivity index (χ4n) is 1.71. The minimum absolute atomic E-state index is 0.0222. The number of hydrogen-bond donors (Lipinski definition) is 2. The molecule has 2 N–H and O–H groups in total. The Bertz CT molecular complexity index is 708. The van der Waals surface area contributed by atoms with Crippen LogP contribution in [0, 0.1) is 5.82 Å². The van der Waals surface area contributed by atoms with Gasteiger partial charge < -0.3 is 10.4 Å². The third-order valence-corrected chi connectivity index (χ3v) is 3.91. The number of aromatic nitrogens is 2. The SMILES string of the molecule is O=c1c(Cl)c(NCc2cc(F)ccc2Br)cnn1CCO. The smallest absolute Gasteiger partial charge is 0.287 e. The van der Waals surface area contributed by atoms with Crippen LogP contribution in [0.2, 0.25) is 5.02 Å². The number of rotatable bonds is 5. The molecule has 0 atom stereocenters. The van der Waals surface area contributed by atoms with Crippen LogP contribution in [0.3, 0.4) is 0 Å². The van der Waals surface area contributed by atoms with E-state index < -0.39 is 5.56 Å². The second-order valence-electron chi connectivity index (χ2n) is 4.21. The van der Waals surface area contributed by atoms with Crippen molar-refractivity contribution in [3.8, 4) is 0 Å². The van der Waals surface area contributed by atoms with Gasteiger partial charge in [0.25, 0.3) is 5.56 Å². The number of aliphatic hydroxyl groups excluding tert-OH is 1. The van der Waals surface area contributed by atoms with E-state index in [1.54, 1.807) is 6.07 Å². The molecule has 2 rings (SSSR count). The molecule has 0 saturated carbocycles. The molecule has 0 aliphatic rings. The molecule has 0 aliphatic carbocycles. The molecular formula is C13H12BrClFN3O2. The first-order valence-corrected chi connectivity index (χ1v) is 7.24. The van der Waals surface area contributed by atoms with Crippen molar-refractivity contribution in [3.05, 3.63) is 55.6 Å². The van der Waals surface area contributed by atoms with Crippen LogP contribution in [0.1, 0.15) is 5.56 Å². The average Bonchev–Trinajstić information content (AvgIpc) is 2.46. The fraction of sp³-hybridized carbons (Fsp3) is 0.231. The van der Waals surface area contributed by atoms with Gasteiger partial charge in [0.2, 0.25) is 0 Å². The van der Waals surface area contributed by atoms with Crippen molar-refractivity contribution in [1.29, 1.82) is 0 Å². The van der Waals surface area contributed by atoms with Crippen LogP contribution in [0.25, 0.3) is 0 Å². The Labute approximate surface area is 133 Å². The molecule has 5 nitrogen and oxygen atoms in total. The summed E-state index contributed by atoms with van der Waals surface area (Å²) in [5.41, 5.74) is 0.548. The Morgan fingerprint density at radius 2 is 2.24 bits per heavy atom. The summed E-state index contributed by atoms with van der Waals surface area (Å²) in [6, 6.07) is 4.33. The predicted molar refractivity (Wildman–Crippen MR) is 82.0 cm³/mol. The summed E-state index contributed by atoms with van der Waals surface area (Å²) in [5.74, 6) is -0.349. The molecule has 8 heteroatoms. The van der Waals surface area contributed by atoms with Gasteiger partial charge in [0, 0.05) is 11.0 Å². The molecule has 112 valence electrons. The summed E-state index contributed by atoms with van der Waals surface area (Å²) in [6.07, 6.45) is 1.40. The second-order valence-corrected chi connectivity index (χ2v) is 5.45. The number of halogens is 3. The molecule has 0 spiro atoms. The lowest BCUT2D eigenvalue weighted by atomic mass is 10.2. The highest BCUT2D eigenvalue weighted by atomic mass is 79.9. The quantitative estimate of drug-likeness (QED) is 0.841. The number of aliphatic hydroxyl groups is 1. The summed E-state index contributed by atoms with van der Waals surface area (Å²) in [4.78, 5) is 11.9. The van der Waals surface area contributed by atoms with Crippen LogP contribution in [0.5, 0.6) is 0 Å². The maximum atomic E-state index is 13.2. The highest BCUT2D eigenvalue weighted by Crippen LogP contribution is 2.21. The molecule has 21 heavy (non-hydrogen) atoms. The number of benzene rings is 1. The molecule has 0 unspecified atom stereocenters. The standard InChI is InChI=1S/C13H12BrClFN3O2/c14-10-2-1-9(16)5-8(10)6-17-11-7-18-19(3-4-20)13(21)12(11)15/h1-2,5,7,17,20H,3-4,6H2. The van der Waals surface area contributed by atoms with Gasteiger partial charge in [-0.05, 0) is 23.8 Å². The van der Waals surface area contributed by atoms with Gasteiger partial charge in [-0.2, -0.15) is 5.10 Å². The van der Waals surface area contributed by atoms with Crippen molar-refractivity contribution in [2.75, 3.05) is 11.9 Å². The van der Waals surface area contributed by atoms with Crippen LogP contribution in [-0.2, 0) is 13.1 Å². The molecule has 0 saturated heterocycles. The predicted octanol–water partition coefficient (Wildman–Crippen LogP) is 2.40. The number of anilines is 1. The summed E-state index contributed by atoms with van der Waals surface area (Å²) >= 11 is 9.29. The van der Waals surface area contributed by atoms with Crippen molar-refractivity contribution in [2.45, 2.75) is 13.1 Å². The van der Waals surface area contributed by atoms with Gasteiger partial charge >= 0.3 is 0 Å². The van der Waals surface area contributed by atoms with Crippen LogP contribution < -0.4 is 10.9 Å². The van der Waals surface area contributed by atoms with Crippen LogP contribution in [0.4, 0.5) is 10.1 Å². The maximum Gasteiger partial charge on any atom is 0.287 e. The molecule has 0 amide bonds. The molecule has 1 aromatic carbocycles. The van der Waals surface area contributed by atoms with Crippen LogP contribution >= 0.6 is 27.5 Å². The Morgan fingerprint density at radius 1 is 1.48 bits per heavy atom. The summed E-state index contributed by atoms with van der Waals surface area (Å²) < 4.78 is 15.0. The monoisotopic (exact) mass is 375 g/mol. The van der Waals surface area contributed by atoms with Crippen molar-refractivity contribution >= 4 is 33.2 Å². The molecule has 0 fully saturated rings. The molecule has 1 aromatic heterocycles. The van der Waals surface area contributed by atoms with Crippen molar-refractivity contribution in [1.82, 2.24) is 9.78 Å². The van der Waals surface area contributed by atoms with Gasteiger partial charge in [0.05, 0.1) is 25.0 Å². The highest BCUT2D eigenvalue weighted by molar-refractivity contribution is 9.10. The van der Waals surface area contributed by atoms with Gasteiger partial charge in [-0.1, -0.05) is 27.5 Å². The third kappa shape index (κ3) is 3.81. The first-order valence-electron chi connectivity index (χ1n) is 6.07. The third-order valence-electron chi connectivity index (χ3n) is 2.77. The van der Waals surface area contributed by atoms with Crippen molar-refractivity contribution in [2.24, 2.45) is 0 Å². The van der Waals surface area contributed by atoms with E-state index in [1.165, 1.54) is 18.3 Å². The molecular weight excluding hydrogens is 365 g/mol. The van der Waals surface area contributed by atoms with E-state index in [0.717, 1.165) is 9.15 Å². The lowest BCUT2D eigenvalue weighted by molar-refractivity contribution is 0.266. The molecule has 2 aromatic rings. The first kappa shape index (κ1) is 15.9. The summed E-state index contributed by atoms with van der Waals surface area (Å²) in [7, 11) is 0. The minimum atomic E-state index is -0.492. The van der Waals surface area contributed by atoms with Crippen molar-refractivity contribution < 1.29 is 9.50 Å². The van der Waals surface area contributed by atoms with Gasteiger partial charge in [0.1, 0.15) is 10.8 Å². The minimum Gasteiger partial charge on any atom is -0.394 e. The van der Waals surface area contributed by atoms with E-state index >= 15 is 0 Å². The Balaban J connectivity index is 2.19. The number of nitrogens with one attached hydrogen (secondary N) is 1. The van der Waals surface area contributed by atoms with E-state index in [1.807, 2.05) is 0 Å². The molecule has 0 bridgehead atoms. The molecule has 0 aliphatic heterocycles. The lowest BCUT2D eigenvalue weighted by Gasteiger charge is -2.11. The van der Waals surface area contributed by atoms with Gasteiger partial charge in [-0.3, -0.25) is 4.79 Å². The summed E-state index contributed by atoms with van der Waals surface area (Å²) in [5, 5.41) is 15.6. The lowest BCUT2D eigenvalue weighted by Crippen LogP contribution is -2.25. The van der Waals surface area contributed by atoms with Gasteiger partial charge in [0.15, 0.2) is 0 Å². The molecule has 0 radical (unpaired) electrons. The zero-order valence-corrected chi connectivity index (χ0v) is 13.2. The van der Waals surface area contributed by atoms with Crippen LogP contribution in [-0.4, -0.2) is 21.5 Å². The zero-order chi connectivity index (χ0) is 15.4. The summed E-state index contributed by atoms with van der Waals surface area (Å²) in [6.45, 7) is 0.156. The Hall–Kier alpha value is -1.44. The van der Waals surface area contributed by atoms with Gasteiger partial charge in [-0.15, -0.1) is 0 Å². The Morgan fingerprint density at radius 3 is 2.95 bits per heavy atom. The Kier molecular flexibility index (Phi) is 5.33. The van der Waals surface area contributed by atoms with Crippen LogP contribution in [0.15, 0.2) is 33.7 Å². The topological polar surface area (TPSA) is 67.2 Å². The fourth-order valence-corrected chi connectivity index (χ4v) is 2.31. The second kappa shape index (κ2) is 7.02. The maximum absolute atomic E-state index is 13.2.